The lowest BCUT2D eigenvalue weighted by atomic mass is 10.2. The minimum atomic E-state index is -0.673. The Kier molecular flexibility index (Phi) is 4.54. The number of hydrogen-bond donors (Lipinski definition) is 1. The van der Waals surface area contributed by atoms with Gasteiger partial charge in [0, 0.05) is 12.3 Å². The first kappa shape index (κ1) is 17.7. The summed E-state index contributed by atoms with van der Waals surface area (Å²) in [4.78, 5) is 29.7. The number of pyridine rings is 1. The van der Waals surface area contributed by atoms with E-state index in [-0.39, 0.29) is 16.2 Å². The molecule has 0 aliphatic carbocycles. The van der Waals surface area contributed by atoms with E-state index in [0.29, 0.717) is 10.6 Å². The van der Waals surface area contributed by atoms with Gasteiger partial charge in [-0.1, -0.05) is 18.2 Å². The van der Waals surface area contributed by atoms with Crippen molar-refractivity contribution >= 4 is 28.9 Å². The van der Waals surface area contributed by atoms with Crippen molar-refractivity contribution in [2.45, 2.75) is 0 Å². The molecule has 3 aromatic heterocycles. The van der Waals surface area contributed by atoms with Crippen LogP contribution < -0.4 is 15.2 Å². The van der Waals surface area contributed by atoms with Gasteiger partial charge in [0.2, 0.25) is 0 Å². The predicted octanol–water partition coefficient (Wildman–Crippen LogP) is 3.39. The van der Waals surface area contributed by atoms with Gasteiger partial charge in [0.15, 0.2) is 5.75 Å². The number of nitrogens with two attached hydrogens (primary N) is 1. The van der Waals surface area contributed by atoms with Crippen LogP contribution in [-0.4, -0.2) is 28.4 Å². The smallest absolute Gasteiger partial charge is 0.347 e. The quantitative estimate of drug-likeness (QED) is 0.524. The number of para-hydroxylation sites is 1. The zero-order chi connectivity index (χ0) is 19.7. The maximum absolute atomic E-state index is 12.6. The summed E-state index contributed by atoms with van der Waals surface area (Å²) in [5.74, 6) is -0.824. The van der Waals surface area contributed by atoms with Crippen LogP contribution in [0.1, 0.15) is 20.0 Å². The molecular weight excluding hydrogens is 378 g/mol. The third-order valence-electron chi connectivity index (χ3n) is 4.12. The molecule has 0 unspecified atom stereocenters. The third-order valence-corrected chi connectivity index (χ3v) is 5.27. The Morgan fingerprint density at radius 3 is 2.68 bits per heavy atom. The molecule has 0 spiro atoms. The maximum atomic E-state index is 12.6. The van der Waals surface area contributed by atoms with Crippen LogP contribution in [0.3, 0.4) is 0 Å². The Morgan fingerprint density at radius 1 is 1.11 bits per heavy atom. The number of methoxy groups -OCH3 is 1. The SMILES string of the molecule is COc1ccccc1C(=O)Oc1cc(-c2cnc3ccccn23)sc1C(N)=O. The molecule has 0 aliphatic rings. The summed E-state index contributed by atoms with van der Waals surface area (Å²) in [6.45, 7) is 0. The molecule has 8 heteroatoms. The zero-order valence-corrected chi connectivity index (χ0v) is 15.6. The molecular formula is C20H15N3O4S. The van der Waals surface area contributed by atoms with E-state index < -0.39 is 11.9 Å². The van der Waals surface area contributed by atoms with Crippen molar-refractivity contribution in [3.8, 4) is 22.1 Å². The van der Waals surface area contributed by atoms with Crippen LogP contribution in [0.2, 0.25) is 0 Å². The molecule has 28 heavy (non-hydrogen) atoms. The summed E-state index contributed by atoms with van der Waals surface area (Å²) >= 11 is 1.14. The lowest BCUT2D eigenvalue weighted by Gasteiger charge is -2.07. The van der Waals surface area contributed by atoms with E-state index in [4.69, 9.17) is 15.2 Å². The normalized spacial score (nSPS) is 10.8. The molecule has 2 N–H and O–H groups in total. The van der Waals surface area contributed by atoms with Crippen LogP contribution in [0.5, 0.6) is 11.5 Å². The van der Waals surface area contributed by atoms with Gasteiger partial charge in [0.25, 0.3) is 5.91 Å². The standard InChI is InChI=1S/C20H15N3O4S/c1-26-14-7-3-2-6-12(14)20(25)27-15-10-16(28-18(15)19(21)24)13-11-22-17-8-4-5-9-23(13)17/h2-11H,1H3,(H2,21,24). The fourth-order valence-corrected chi connectivity index (χ4v) is 3.77. The first-order chi connectivity index (χ1) is 13.6. The fraction of sp³-hybridized carbons (Fsp3) is 0.0500. The Balaban J connectivity index is 1.73. The van der Waals surface area contributed by atoms with Crippen LogP contribution in [0.15, 0.2) is 60.9 Å². The Bertz CT molecular complexity index is 1200. The lowest BCUT2D eigenvalue weighted by Crippen LogP contribution is -2.14. The van der Waals surface area contributed by atoms with Gasteiger partial charge in [-0.2, -0.15) is 0 Å². The molecule has 0 fully saturated rings. The van der Waals surface area contributed by atoms with Gasteiger partial charge in [-0.3, -0.25) is 9.20 Å². The minimum Gasteiger partial charge on any atom is -0.496 e. The van der Waals surface area contributed by atoms with E-state index in [9.17, 15) is 9.59 Å². The van der Waals surface area contributed by atoms with Crippen LogP contribution in [0, 0.1) is 0 Å². The van der Waals surface area contributed by atoms with Gasteiger partial charge in [-0.15, -0.1) is 11.3 Å². The monoisotopic (exact) mass is 393 g/mol. The number of aromatic nitrogens is 2. The molecule has 0 saturated carbocycles. The van der Waals surface area contributed by atoms with E-state index in [2.05, 4.69) is 4.98 Å². The summed E-state index contributed by atoms with van der Waals surface area (Å²) in [7, 11) is 1.47. The van der Waals surface area contributed by atoms with Crippen LogP contribution in [-0.2, 0) is 0 Å². The lowest BCUT2D eigenvalue weighted by molar-refractivity contribution is 0.0730. The van der Waals surface area contributed by atoms with Gasteiger partial charge < -0.3 is 15.2 Å². The molecule has 1 aromatic carbocycles. The van der Waals surface area contributed by atoms with Crippen molar-refractivity contribution in [2.24, 2.45) is 5.73 Å². The number of fused-ring (bicyclic) bond motifs is 1. The van der Waals surface area contributed by atoms with Gasteiger partial charge in [-0.05, 0) is 24.3 Å². The predicted molar refractivity (Wildman–Crippen MR) is 105 cm³/mol. The van der Waals surface area contributed by atoms with E-state index in [0.717, 1.165) is 22.7 Å². The van der Waals surface area contributed by atoms with Crippen molar-refractivity contribution in [1.29, 1.82) is 0 Å². The highest BCUT2D eigenvalue weighted by Crippen LogP contribution is 2.37. The number of hydrogen-bond acceptors (Lipinski definition) is 6. The summed E-state index contributed by atoms with van der Waals surface area (Å²) in [5.41, 5.74) is 7.28. The molecule has 7 nitrogen and oxygen atoms in total. The largest absolute Gasteiger partial charge is 0.496 e. The summed E-state index contributed by atoms with van der Waals surface area (Å²) in [6.07, 6.45) is 3.56. The second kappa shape index (κ2) is 7.16. The number of benzene rings is 1. The van der Waals surface area contributed by atoms with E-state index in [1.165, 1.54) is 7.11 Å². The molecule has 0 aliphatic heterocycles. The summed E-state index contributed by atoms with van der Waals surface area (Å²) < 4.78 is 12.6. The number of imidazole rings is 1. The van der Waals surface area contributed by atoms with E-state index in [1.807, 2.05) is 28.8 Å². The molecule has 0 radical (unpaired) electrons. The van der Waals surface area contributed by atoms with Crippen molar-refractivity contribution in [3.63, 3.8) is 0 Å². The van der Waals surface area contributed by atoms with Gasteiger partial charge in [0.1, 0.15) is 21.8 Å². The summed E-state index contributed by atoms with van der Waals surface area (Å²) in [5, 5.41) is 0. The highest BCUT2D eigenvalue weighted by atomic mass is 32.1. The highest BCUT2D eigenvalue weighted by molar-refractivity contribution is 7.17. The summed E-state index contributed by atoms with van der Waals surface area (Å²) in [6, 6.07) is 13.9. The van der Waals surface area contributed by atoms with Crippen LogP contribution in [0.4, 0.5) is 0 Å². The molecule has 3 heterocycles. The molecule has 0 atom stereocenters. The highest BCUT2D eigenvalue weighted by Gasteiger charge is 2.22. The minimum absolute atomic E-state index is 0.106. The number of amides is 1. The van der Waals surface area contributed by atoms with Crippen molar-refractivity contribution in [1.82, 2.24) is 9.38 Å². The Morgan fingerprint density at radius 2 is 1.89 bits per heavy atom. The second-order valence-corrected chi connectivity index (χ2v) is 6.88. The number of primary amides is 1. The molecule has 4 rings (SSSR count). The Labute approximate surface area is 164 Å². The topological polar surface area (TPSA) is 95.9 Å². The van der Waals surface area contributed by atoms with E-state index >= 15 is 0 Å². The maximum Gasteiger partial charge on any atom is 0.347 e. The van der Waals surface area contributed by atoms with Gasteiger partial charge in [-0.25, -0.2) is 9.78 Å². The van der Waals surface area contributed by atoms with Gasteiger partial charge in [0.05, 0.1) is 23.9 Å². The van der Waals surface area contributed by atoms with Crippen LogP contribution in [0.25, 0.3) is 16.2 Å². The third kappa shape index (κ3) is 3.10. The molecule has 140 valence electrons. The van der Waals surface area contributed by atoms with Crippen LogP contribution >= 0.6 is 11.3 Å². The molecule has 4 aromatic rings. The number of thiophene rings is 1. The molecule has 0 bridgehead atoms. The van der Waals surface area contributed by atoms with Crippen molar-refractivity contribution < 1.29 is 19.1 Å². The number of carbonyl (C=O) groups excluding carboxylic acids is 2. The number of esters is 1. The van der Waals surface area contributed by atoms with Crippen molar-refractivity contribution in [2.75, 3.05) is 7.11 Å². The first-order valence-corrected chi connectivity index (χ1v) is 9.11. The number of ether oxygens (including phenoxy) is 2. The fourth-order valence-electron chi connectivity index (χ4n) is 2.83. The average molecular weight is 393 g/mol. The number of rotatable bonds is 5. The molecule has 1 amide bonds. The van der Waals surface area contributed by atoms with Crippen molar-refractivity contribution in [3.05, 3.63) is 71.4 Å². The number of carbonyl (C=O) groups is 2. The Hall–Kier alpha value is -3.65. The van der Waals surface area contributed by atoms with Gasteiger partial charge >= 0.3 is 5.97 Å². The molecule has 0 saturated heterocycles. The average Bonchev–Trinajstić information content (AvgIpc) is 3.32. The first-order valence-electron chi connectivity index (χ1n) is 8.30. The zero-order valence-electron chi connectivity index (χ0n) is 14.8. The van der Waals surface area contributed by atoms with E-state index in [1.54, 1.807) is 36.5 Å². The number of nitrogens with zero attached hydrogens (tertiary/aromatic N) is 2. The second-order valence-electron chi connectivity index (χ2n) is 5.83.